The first-order chi connectivity index (χ1) is 7.67. The lowest BCUT2D eigenvalue weighted by atomic mass is 9.72. The second-order valence-electron chi connectivity index (χ2n) is 6.54. The van der Waals surface area contributed by atoms with Crippen LogP contribution in [0.1, 0.15) is 48.0 Å². The number of pyridine rings is 1. The normalized spacial score (nSPS) is 13.1. The van der Waals surface area contributed by atoms with Crippen LogP contribution in [0.5, 0.6) is 0 Å². The largest absolute Gasteiger partial charge is 0.310 e. The summed E-state index contributed by atoms with van der Waals surface area (Å²) in [7, 11) is 0. The molecular weight excluding hydrogens is 210 g/mol. The van der Waals surface area contributed by atoms with Crippen molar-refractivity contribution in [1.29, 1.82) is 0 Å². The van der Waals surface area contributed by atoms with Crippen LogP contribution in [0.2, 0.25) is 0 Å². The molecule has 96 valence electrons. The van der Waals surface area contributed by atoms with Gasteiger partial charge >= 0.3 is 0 Å². The summed E-state index contributed by atoms with van der Waals surface area (Å²) in [5, 5.41) is 0. The minimum Gasteiger partial charge on any atom is -0.310 e. The lowest BCUT2D eigenvalue weighted by molar-refractivity contribution is 0.141. The fourth-order valence-corrected chi connectivity index (χ4v) is 2.33. The third-order valence-electron chi connectivity index (χ3n) is 3.93. The quantitative estimate of drug-likeness (QED) is 0.780. The van der Waals surface area contributed by atoms with Gasteiger partial charge in [0.05, 0.1) is 0 Å². The number of rotatable bonds is 4. The maximum Gasteiger partial charge on any atom is 0.251 e. The molecule has 0 aliphatic carbocycles. The fraction of sp³-hybridized carbons (Fsp3) is 0.667. The highest BCUT2D eigenvalue weighted by Gasteiger charge is 2.32. The van der Waals surface area contributed by atoms with Gasteiger partial charge in [0.15, 0.2) is 0 Å². The number of aromatic nitrogens is 1. The molecule has 0 fully saturated rings. The van der Waals surface area contributed by atoms with Gasteiger partial charge in [-0.15, -0.1) is 0 Å². The first kappa shape index (κ1) is 14.0. The summed E-state index contributed by atoms with van der Waals surface area (Å²) in [5.41, 5.74) is 0.155. The molecule has 0 aromatic carbocycles. The summed E-state index contributed by atoms with van der Waals surface area (Å²) in [6, 6.07) is 5.35. The van der Waals surface area contributed by atoms with Crippen LogP contribution in [0, 0.1) is 11.3 Å². The van der Waals surface area contributed by atoms with Gasteiger partial charge in [-0.25, -0.2) is 0 Å². The molecule has 1 aromatic heterocycles. The van der Waals surface area contributed by atoms with E-state index in [2.05, 4.69) is 41.5 Å². The van der Waals surface area contributed by atoms with E-state index in [1.165, 1.54) is 0 Å². The van der Waals surface area contributed by atoms with Crippen molar-refractivity contribution in [2.45, 2.75) is 53.5 Å². The van der Waals surface area contributed by atoms with Crippen LogP contribution in [0.15, 0.2) is 29.2 Å². The smallest absolute Gasteiger partial charge is 0.251 e. The molecule has 0 saturated carbocycles. The average Bonchev–Trinajstić information content (AvgIpc) is 2.16. The Morgan fingerprint density at radius 2 is 1.76 bits per heavy atom. The third kappa shape index (κ3) is 3.21. The molecule has 1 rings (SSSR count). The maximum atomic E-state index is 11.9. The molecule has 0 unspecified atom stereocenters. The predicted octanol–water partition coefficient (Wildman–Crippen LogP) is 3.66. The van der Waals surface area contributed by atoms with E-state index in [0.29, 0.717) is 5.92 Å². The van der Waals surface area contributed by atoms with Crippen LogP contribution in [-0.4, -0.2) is 4.57 Å². The molecule has 0 spiro atoms. The van der Waals surface area contributed by atoms with Gasteiger partial charge < -0.3 is 4.57 Å². The Morgan fingerprint density at radius 3 is 2.24 bits per heavy atom. The standard InChI is InChI=1S/C15H25NO/c1-12(2)14(3,4)11-15(5,6)16-10-8-7-9-13(16)17/h7-10,12H,11H2,1-6H3. The van der Waals surface area contributed by atoms with E-state index in [-0.39, 0.29) is 16.5 Å². The van der Waals surface area contributed by atoms with Crippen molar-refractivity contribution in [2.75, 3.05) is 0 Å². The Hall–Kier alpha value is -1.05. The topological polar surface area (TPSA) is 22.0 Å². The lowest BCUT2D eigenvalue weighted by Crippen LogP contribution is -2.40. The Labute approximate surface area is 105 Å². The Balaban J connectivity index is 3.05. The van der Waals surface area contributed by atoms with E-state index < -0.39 is 0 Å². The third-order valence-corrected chi connectivity index (χ3v) is 3.93. The van der Waals surface area contributed by atoms with E-state index in [9.17, 15) is 4.79 Å². The van der Waals surface area contributed by atoms with Crippen molar-refractivity contribution in [1.82, 2.24) is 4.57 Å². The van der Waals surface area contributed by atoms with Gasteiger partial charge in [-0.1, -0.05) is 33.8 Å². The van der Waals surface area contributed by atoms with Crippen molar-refractivity contribution in [3.8, 4) is 0 Å². The molecule has 0 saturated heterocycles. The maximum absolute atomic E-state index is 11.9. The molecular formula is C15H25NO. The summed E-state index contributed by atoms with van der Waals surface area (Å²) in [5.74, 6) is 0.598. The van der Waals surface area contributed by atoms with Crippen molar-refractivity contribution < 1.29 is 0 Å². The number of nitrogens with zero attached hydrogens (tertiary/aromatic N) is 1. The average molecular weight is 235 g/mol. The molecule has 0 N–H and O–H groups in total. The van der Waals surface area contributed by atoms with Crippen molar-refractivity contribution in [3.05, 3.63) is 34.7 Å². The van der Waals surface area contributed by atoms with Crippen LogP contribution in [-0.2, 0) is 5.54 Å². The van der Waals surface area contributed by atoms with E-state index >= 15 is 0 Å². The van der Waals surface area contributed by atoms with E-state index in [1.54, 1.807) is 12.1 Å². The van der Waals surface area contributed by atoms with Gasteiger partial charge in [-0.3, -0.25) is 4.79 Å². The molecule has 0 radical (unpaired) electrons. The first-order valence-corrected chi connectivity index (χ1v) is 6.35. The minimum absolute atomic E-state index is 0.0806. The zero-order valence-corrected chi connectivity index (χ0v) is 11.9. The highest BCUT2D eigenvalue weighted by Crippen LogP contribution is 2.37. The first-order valence-electron chi connectivity index (χ1n) is 6.35. The second-order valence-corrected chi connectivity index (χ2v) is 6.54. The fourth-order valence-electron chi connectivity index (χ4n) is 2.33. The molecule has 2 nitrogen and oxygen atoms in total. The SMILES string of the molecule is CC(C)C(C)(C)CC(C)(C)n1ccccc1=O. The molecule has 0 atom stereocenters. The minimum atomic E-state index is -0.147. The van der Waals surface area contributed by atoms with E-state index in [4.69, 9.17) is 0 Å². The molecule has 0 aliphatic rings. The molecule has 0 aliphatic heterocycles. The summed E-state index contributed by atoms with van der Waals surface area (Å²) in [6.07, 6.45) is 2.88. The van der Waals surface area contributed by atoms with Gasteiger partial charge in [0.1, 0.15) is 0 Å². The Morgan fingerprint density at radius 1 is 1.18 bits per heavy atom. The molecule has 0 amide bonds. The van der Waals surface area contributed by atoms with Gasteiger partial charge in [0, 0.05) is 17.8 Å². The van der Waals surface area contributed by atoms with Crippen molar-refractivity contribution in [3.63, 3.8) is 0 Å². The highest BCUT2D eigenvalue weighted by molar-refractivity contribution is 4.98. The van der Waals surface area contributed by atoms with Crippen LogP contribution in [0.25, 0.3) is 0 Å². The van der Waals surface area contributed by atoms with Gasteiger partial charge in [-0.05, 0) is 37.7 Å². The Bertz CT molecular complexity index is 427. The summed E-state index contributed by atoms with van der Waals surface area (Å²) < 4.78 is 1.84. The van der Waals surface area contributed by atoms with Gasteiger partial charge in [-0.2, -0.15) is 0 Å². The monoisotopic (exact) mass is 235 g/mol. The molecule has 1 heterocycles. The van der Waals surface area contributed by atoms with Crippen LogP contribution >= 0.6 is 0 Å². The van der Waals surface area contributed by atoms with Crippen LogP contribution in [0.3, 0.4) is 0 Å². The van der Waals surface area contributed by atoms with Crippen LogP contribution < -0.4 is 5.56 Å². The zero-order valence-electron chi connectivity index (χ0n) is 11.9. The Kier molecular flexibility index (Phi) is 3.85. The second kappa shape index (κ2) is 4.67. The van der Waals surface area contributed by atoms with Gasteiger partial charge in [0.2, 0.25) is 0 Å². The molecule has 1 aromatic rings. The van der Waals surface area contributed by atoms with Gasteiger partial charge in [0.25, 0.3) is 5.56 Å². The molecule has 0 bridgehead atoms. The summed E-state index contributed by atoms with van der Waals surface area (Å²) >= 11 is 0. The molecule has 17 heavy (non-hydrogen) atoms. The molecule has 2 heteroatoms. The van der Waals surface area contributed by atoms with Crippen LogP contribution in [0.4, 0.5) is 0 Å². The predicted molar refractivity (Wildman–Crippen MR) is 73.3 cm³/mol. The van der Waals surface area contributed by atoms with E-state index in [0.717, 1.165) is 6.42 Å². The van der Waals surface area contributed by atoms with Crippen molar-refractivity contribution >= 4 is 0 Å². The van der Waals surface area contributed by atoms with E-state index in [1.807, 2.05) is 16.8 Å². The summed E-state index contributed by atoms with van der Waals surface area (Å²) in [6.45, 7) is 13.3. The number of hydrogen-bond donors (Lipinski definition) is 0. The lowest BCUT2D eigenvalue weighted by Gasteiger charge is -2.39. The summed E-state index contributed by atoms with van der Waals surface area (Å²) in [4.78, 5) is 11.9. The highest BCUT2D eigenvalue weighted by atomic mass is 16.1. The number of hydrogen-bond acceptors (Lipinski definition) is 1. The zero-order chi connectivity index (χ0) is 13.3. The van der Waals surface area contributed by atoms with Crippen molar-refractivity contribution in [2.24, 2.45) is 11.3 Å².